The predicted molar refractivity (Wildman–Crippen MR) is 77.9 cm³/mol. The van der Waals surface area contributed by atoms with Gasteiger partial charge < -0.3 is 4.90 Å². The van der Waals surface area contributed by atoms with Gasteiger partial charge in [-0.25, -0.2) is 4.98 Å². The standard InChI is InChI=1S/C13H18ClN3S/c1-2-10-4-3-5-16(9-10)12-11(8-14)17-6-7-18-13(17)15-12/h6-7,10H,2-5,8-9H2,1H3. The van der Waals surface area contributed by atoms with Gasteiger partial charge in [-0.1, -0.05) is 13.3 Å². The average molecular weight is 284 g/mol. The predicted octanol–water partition coefficient (Wildman–Crippen LogP) is 3.76. The third-order valence-electron chi connectivity index (χ3n) is 3.86. The molecule has 1 atom stereocenters. The molecule has 0 radical (unpaired) electrons. The number of alkyl halides is 1. The van der Waals surface area contributed by atoms with Crippen LogP contribution in [0, 0.1) is 5.92 Å². The molecule has 1 unspecified atom stereocenters. The van der Waals surface area contributed by atoms with Gasteiger partial charge >= 0.3 is 0 Å². The molecular weight excluding hydrogens is 266 g/mol. The molecule has 0 N–H and O–H groups in total. The minimum atomic E-state index is 0.528. The van der Waals surface area contributed by atoms with Gasteiger partial charge in [-0.15, -0.1) is 22.9 Å². The van der Waals surface area contributed by atoms with Gasteiger partial charge in [0.25, 0.3) is 0 Å². The van der Waals surface area contributed by atoms with E-state index in [0.717, 1.165) is 35.5 Å². The highest BCUT2D eigenvalue weighted by Crippen LogP contribution is 2.30. The highest BCUT2D eigenvalue weighted by Gasteiger charge is 2.24. The Morgan fingerprint density at radius 2 is 2.44 bits per heavy atom. The monoisotopic (exact) mass is 283 g/mol. The number of hydrogen-bond acceptors (Lipinski definition) is 3. The van der Waals surface area contributed by atoms with Crippen LogP contribution in [0.1, 0.15) is 31.9 Å². The largest absolute Gasteiger partial charge is 0.355 e. The number of rotatable bonds is 3. The third-order valence-corrected chi connectivity index (χ3v) is 4.87. The van der Waals surface area contributed by atoms with E-state index in [2.05, 4.69) is 27.8 Å². The quantitative estimate of drug-likeness (QED) is 0.800. The van der Waals surface area contributed by atoms with Gasteiger partial charge in [0.2, 0.25) is 0 Å². The second kappa shape index (κ2) is 5.10. The highest BCUT2D eigenvalue weighted by atomic mass is 35.5. The normalized spacial score (nSPS) is 20.8. The van der Waals surface area contributed by atoms with Gasteiger partial charge in [0.05, 0.1) is 11.6 Å². The molecule has 0 aliphatic carbocycles. The Balaban J connectivity index is 1.95. The number of piperidine rings is 1. The Labute approximate surface area is 116 Å². The molecule has 3 rings (SSSR count). The van der Waals surface area contributed by atoms with Crippen molar-refractivity contribution in [3.63, 3.8) is 0 Å². The van der Waals surface area contributed by atoms with E-state index in [1.54, 1.807) is 11.3 Å². The number of fused-ring (bicyclic) bond motifs is 1. The fourth-order valence-electron chi connectivity index (χ4n) is 2.79. The van der Waals surface area contributed by atoms with Gasteiger partial charge in [0.15, 0.2) is 10.8 Å². The first-order valence-corrected chi connectivity index (χ1v) is 8.00. The summed E-state index contributed by atoms with van der Waals surface area (Å²) in [5.41, 5.74) is 1.14. The fraction of sp³-hybridized carbons (Fsp3) is 0.615. The van der Waals surface area contributed by atoms with Gasteiger partial charge in [-0.2, -0.15) is 0 Å². The summed E-state index contributed by atoms with van der Waals surface area (Å²) >= 11 is 7.79. The van der Waals surface area contributed by atoms with E-state index >= 15 is 0 Å². The summed E-state index contributed by atoms with van der Waals surface area (Å²) < 4.78 is 2.13. The first-order valence-electron chi connectivity index (χ1n) is 6.58. The molecule has 3 nitrogen and oxygen atoms in total. The molecule has 1 saturated heterocycles. The van der Waals surface area contributed by atoms with Crippen LogP contribution in [0.2, 0.25) is 0 Å². The van der Waals surface area contributed by atoms with Crippen molar-refractivity contribution in [1.29, 1.82) is 0 Å². The lowest BCUT2D eigenvalue weighted by Crippen LogP contribution is -2.35. The fourth-order valence-corrected chi connectivity index (χ4v) is 3.77. The first-order chi connectivity index (χ1) is 8.83. The van der Waals surface area contributed by atoms with E-state index in [9.17, 15) is 0 Å². The Morgan fingerprint density at radius 3 is 3.22 bits per heavy atom. The van der Waals surface area contributed by atoms with Crippen molar-refractivity contribution in [2.24, 2.45) is 5.92 Å². The maximum atomic E-state index is 6.12. The third kappa shape index (κ3) is 2.01. The number of halogens is 1. The van der Waals surface area contributed by atoms with Crippen LogP contribution in [-0.4, -0.2) is 22.5 Å². The van der Waals surface area contributed by atoms with Crippen LogP contribution in [0.5, 0.6) is 0 Å². The maximum Gasteiger partial charge on any atom is 0.195 e. The van der Waals surface area contributed by atoms with E-state index in [1.165, 1.54) is 19.3 Å². The van der Waals surface area contributed by atoms with E-state index in [4.69, 9.17) is 16.6 Å². The summed E-state index contributed by atoms with van der Waals surface area (Å²) in [6.45, 7) is 4.53. The van der Waals surface area contributed by atoms with E-state index in [-0.39, 0.29) is 0 Å². The molecule has 0 saturated carbocycles. The van der Waals surface area contributed by atoms with Crippen LogP contribution in [0.25, 0.3) is 4.96 Å². The molecule has 1 fully saturated rings. The number of thiazole rings is 1. The van der Waals surface area contributed by atoms with Crippen LogP contribution in [0.15, 0.2) is 11.6 Å². The molecule has 0 bridgehead atoms. The van der Waals surface area contributed by atoms with Crippen LogP contribution in [0.3, 0.4) is 0 Å². The SMILES string of the molecule is CCC1CCCN(c2nc3sccn3c2CCl)C1. The molecule has 2 aromatic heterocycles. The van der Waals surface area contributed by atoms with Crippen molar-refractivity contribution in [3.8, 4) is 0 Å². The molecular formula is C13H18ClN3S. The van der Waals surface area contributed by atoms with Gasteiger partial charge in [-0.3, -0.25) is 4.40 Å². The topological polar surface area (TPSA) is 20.5 Å². The average Bonchev–Trinajstić information content (AvgIpc) is 2.98. The van der Waals surface area contributed by atoms with Crippen molar-refractivity contribution in [3.05, 3.63) is 17.3 Å². The van der Waals surface area contributed by atoms with Crippen LogP contribution < -0.4 is 4.90 Å². The summed E-state index contributed by atoms with van der Waals surface area (Å²) in [7, 11) is 0. The molecule has 98 valence electrons. The summed E-state index contributed by atoms with van der Waals surface area (Å²) in [4.78, 5) is 8.24. The van der Waals surface area contributed by atoms with E-state index in [0.29, 0.717) is 5.88 Å². The Hall–Kier alpha value is -0.740. The van der Waals surface area contributed by atoms with Crippen LogP contribution in [-0.2, 0) is 5.88 Å². The number of hydrogen-bond donors (Lipinski definition) is 0. The number of anilines is 1. The second-order valence-electron chi connectivity index (χ2n) is 4.93. The summed E-state index contributed by atoms with van der Waals surface area (Å²) in [5, 5.41) is 2.06. The molecule has 1 aliphatic rings. The minimum absolute atomic E-state index is 0.528. The molecule has 5 heteroatoms. The zero-order chi connectivity index (χ0) is 12.5. The summed E-state index contributed by atoms with van der Waals surface area (Å²) in [5.74, 6) is 2.44. The van der Waals surface area contributed by atoms with Crippen LogP contribution >= 0.6 is 22.9 Å². The molecule has 3 heterocycles. The lowest BCUT2D eigenvalue weighted by Gasteiger charge is -2.33. The van der Waals surface area contributed by atoms with Gasteiger partial charge in [0, 0.05) is 24.7 Å². The zero-order valence-corrected chi connectivity index (χ0v) is 12.2. The van der Waals surface area contributed by atoms with Crippen molar-refractivity contribution >= 4 is 33.7 Å². The Kier molecular flexibility index (Phi) is 3.48. The van der Waals surface area contributed by atoms with E-state index < -0.39 is 0 Å². The van der Waals surface area contributed by atoms with E-state index in [1.807, 2.05) is 0 Å². The first kappa shape index (κ1) is 12.3. The van der Waals surface area contributed by atoms with Gasteiger partial charge in [0.1, 0.15) is 0 Å². The van der Waals surface area contributed by atoms with Crippen LogP contribution in [0.4, 0.5) is 5.82 Å². The summed E-state index contributed by atoms with van der Waals surface area (Å²) in [6, 6.07) is 0. The number of aromatic nitrogens is 2. The van der Waals surface area contributed by atoms with Crippen molar-refractivity contribution in [2.45, 2.75) is 32.1 Å². The number of imidazole rings is 1. The number of nitrogens with zero attached hydrogens (tertiary/aromatic N) is 3. The lowest BCUT2D eigenvalue weighted by molar-refractivity contribution is 0.403. The highest BCUT2D eigenvalue weighted by molar-refractivity contribution is 7.15. The molecule has 1 aliphatic heterocycles. The Bertz CT molecular complexity index is 533. The molecule has 2 aromatic rings. The van der Waals surface area contributed by atoms with Crippen molar-refractivity contribution in [2.75, 3.05) is 18.0 Å². The van der Waals surface area contributed by atoms with Crippen molar-refractivity contribution < 1.29 is 0 Å². The van der Waals surface area contributed by atoms with Gasteiger partial charge in [-0.05, 0) is 18.8 Å². The van der Waals surface area contributed by atoms with Crippen molar-refractivity contribution in [1.82, 2.24) is 9.38 Å². The molecule has 0 spiro atoms. The molecule has 0 amide bonds. The summed E-state index contributed by atoms with van der Waals surface area (Å²) in [6.07, 6.45) is 5.95. The second-order valence-corrected chi connectivity index (χ2v) is 6.07. The lowest BCUT2D eigenvalue weighted by atomic mass is 9.96. The molecule has 18 heavy (non-hydrogen) atoms. The molecule has 0 aromatic carbocycles. The zero-order valence-electron chi connectivity index (χ0n) is 10.6. The smallest absolute Gasteiger partial charge is 0.195 e. The Morgan fingerprint density at radius 1 is 1.56 bits per heavy atom. The maximum absolute atomic E-state index is 6.12. The minimum Gasteiger partial charge on any atom is -0.355 e.